The average Bonchev–Trinajstić information content (AvgIpc) is 2.44. The zero-order valence-electron chi connectivity index (χ0n) is 11.6. The summed E-state index contributed by atoms with van der Waals surface area (Å²) in [5, 5.41) is 3.28. The first-order valence-electron chi connectivity index (χ1n) is 6.58. The lowest BCUT2D eigenvalue weighted by Crippen LogP contribution is -2.31. The summed E-state index contributed by atoms with van der Waals surface area (Å²) >= 11 is 0. The van der Waals surface area contributed by atoms with Gasteiger partial charge in [-0.05, 0) is 18.6 Å². The molecule has 0 unspecified atom stereocenters. The van der Waals surface area contributed by atoms with Crippen LogP contribution in [0, 0.1) is 0 Å². The largest absolute Gasteiger partial charge is 0.384 e. The molecule has 1 amide bonds. The van der Waals surface area contributed by atoms with Crippen molar-refractivity contribution in [2.45, 2.75) is 13.3 Å². The van der Waals surface area contributed by atoms with Crippen molar-refractivity contribution in [3.8, 4) is 0 Å². The van der Waals surface area contributed by atoms with Crippen LogP contribution in [0.5, 0.6) is 0 Å². The van der Waals surface area contributed by atoms with Gasteiger partial charge in [-0.1, -0.05) is 31.2 Å². The fraction of sp³-hybridized carbons (Fsp3) is 0.312. The van der Waals surface area contributed by atoms with E-state index in [1.54, 1.807) is 17.1 Å². The van der Waals surface area contributed by atoms with E-state index in [0.29, 0.717) is 18.7 Å². The molecule has 0 aliphatic rings. The van der Waals surface area contributed by atoms with Crippen molar-refractivity contribution in [1.82, 2.24) is 4.90 Å². The Morgan fingerprint density at radius 1 is 1.26 bits per heavy atom. The van der Waals surface area contributed by atoms with Gasteiger partial charge in [0, 0.05) is 25.3 Å². The lowest BCUT2D eigenvalue weighted by molar-refractivity contribution is 0.0792. The zero-order chi connectivity index (χ0) is 14.1. The highest BCUT2D eigenvalue weighted by Gasteiger charge is 2.16. The molecule has 102 valence electrons. The molecule has 1 N–H and O–H groups in total. The van der Waals surface area contributed by atoms with Crippen molar-refractivity contribution < 1.29 is 4.79 Å². The number of anilines is 1. The summed E-state index contributed by atoms with van der Waals surface area (Å²) in [6.45, 7) is 11.4. The monoisotopic (exact) mass is 258 g/mol. The van der Waals surface area contributed by atoms with Crippen molar-refractivity contribution in [1.29, 1.82) is 0 Å². The van der Waals surface area contributed by atoms with Crippen LogP contribution in [0.1, 0.15) is 23.7 Å². The Labute approximate surface area is 115 Å². The third-order valence-electron chi connectivity index (χ3n) is 2.71. The summed E-state index contributed by atoms with van der Waals surface area (Å²) in [5.74, 6) is -0.000923. The van der Waals surface area contributed by atoms with Gasteiger partial charge in [-0.15, -0.1) is 13.2 Å². The van der Waals surface area contributed by atoms with Crippen LogP contribution in [0.25, 0.3) is 0 Å². The van der Waals surface area contributed by atoms with Gasteiger partial charge >= 0.3 is 0 Å². The minimum Gasteiger partial charge on any atom is -0.384 e. The molecule has 1 aromatic rings. The zero-order valence-corrected chi connectivity index (χ0v) is 11.6. The van der Waals surface area contributed by atoms with E-state index in [4.69, 9.17) is 0 Å². The number of para-hydroxylation sites is 1. The van der Waals surface area contributed by atoms with Crippen LogP contribution in [-0.2, 0) is 0 Å². The second kappa shape index (κ2) is 8.14. The molecule has 3 heteroatoms. The minimum atomic E-state index is -0.000923. The lowest BCUT2D eigenvalue weighted by Gasteiger charge is -2.21. The molecule has 0 aromatic heterocycles. The summed E-state index contributed by atoms with van der Waals surface area (Å²) in [6, 6.07) is 7.59. The molecule has 1 rings (SSSR count). The van der Waals surface area contributed by atoms with Gasteiger partial charge < -0.3 is 10.2 Å². The highest BCUT2D eigenvalue weighted by atomic mass is 16.2. The van der Waals surface area contributed by atoms with Crippen molar-refractivity contribution in [2.24, 2.45) is 0 Å². The second-order valence-corrected chi connectivity index (χ2v) is 4.26. The molecule has 0 saturated heterocycles. The fourth-order valence-corrected chi connectivity index (χ4v) is 1.81. The molecule has 19 heavy (non-hydrogen) atoms. The summed E-state index contributed by atoms with van der Waals surface area (Å²) in [6.07, 6.45) is 4.47. The van der Waals surface area contributed by atoms with Gasteiger partial charge in [0.2, 0.25) is 0 Å². The summed E-state index contributed by atoms with van der Waals surface area (Å²) in [4.78, 5) is 14.2. The predicted octanol–water partition coefficient (Wildman–Crippen LogP) is 3.32. The second-order valence-electron chi connectivity index (χ2n) is 4.26. The normalized spacial score (nSPS) is 9.74. The third-order valence-corrected chi connectivity index (χ3v) is 2.71. The smallest absolute Gasteiger partial charge is 0.256 e. The Balaban J connectivity index is 2.95. The Hall–Kier alpha value is -2.03. The van der Waals surface area contributed by atoms with Crippen LogP contribution >= 0.6 is 0 Å². The maximum Gasteiger partial charge on any atom is 0.256 e. The third kappa shape index (κ3) is 4.28. The molecular weight excluding hydrogens is 236 g/mol. The standard InChI is InChI=1S/C16H22N2O/c1-4-11-17-15-10-8-7-9-14(15)16(19)18(12-5-2)13-6-3/h5-10,17H,2-4,11-13H2,1H3. The van der Waals surface area contributed by atoms with Crippen LogP contribution in [-0.4, -0.2) is 30.4 Å². The Morgan fingerprint density at radius 2 is 1.89 bits per heavy atom. The van der Waals surface area contributed by atoms with Crippen LogP contribution in [0.4, 0.5) is 5.69 Å². The van der Waals surface area contributed by atoms with E-state index >= 15 is 0 Å². The van der Waals surface area contributed by atoms with Crippen LogP contribution in [0.2, 0.25) is 0 Å². The first-order chi connectivity index (χ1) is 9.24. The highest BCUT2D eigenvalue weighted by molar-refractivity contribution is 5.99. The molecule has 3 nitrogen and oxygen atoms in total. The van der Waals surface area contributed by atoms with Crippen LogP contribution in [0.3, 0.4) is 0 Å². The van der Waals surface area contributed by atoms with Gasteiger partial charge in [-0.3, -0.25) is 4.79 Å². The van der Waals surface area contributed by atoms with E-state index in [1.165, 1.54) is 0 Å². The Bertz CT molecular complexity index is 430. The summed E-state index contributed by atoms with van der Waals surface area (Å²) < 4.78 is 0. The first kappa shape index (κ1) is 15.0. The number of nitrogens with one attached hydrogen (secondary N) is 1. The van der Waals surface area contributed by atoms with Gasteiger partial charge in [0.25, 0.3) is 5.91 Å². The number of hydrogen-bond donors (Lipinski definition) is 1. The number of nitrogens with zero attached hydrogens (tertiary/aromatic N) is 1. The maximum atomic E-state index is 12.5. The number of amides is 1. The Kier molecular flexibility index (Phi) is 6.44. The molecule has 0 fully saturated rings. The SMILES string of the molecule is C=CCN(CC=C)C(=O)c1ccccc1NCCC. The molecule has 0 heterocycles. The number of benzene rings is 1. The first-order valence-corrected chi connectivity index (χ1v) is 6.58. The Morgan fingerprint density at radius 3 is 2.47 bits per heavy atom. The van der Waals surface area contributed by atoms with E-state index in [2.05, 4.69) is 25.4 Å². The quantitative estimate of drug-likeness (QED) is 0.725. The molecule has 0 radical (unpaired) electrons. The van der Waals surface area contributed by atoms with E-state index in [-0.39, 0.29) is 5.91 Å². The van der Waals surface area contributed by atoms with E-state index in [9.17, 15) is 4.79 Å². The molecular formula is C16H22N2O. The topological polar surface area (TPSA) is 32.3 Å². The van der Waals surface area contributed by atoms with E-state index in [0.717, 1.165) is 18.7 Å². The van der Waals surface area contributed by atoms with Crippen molar-refractivity contribution in [3.05, 3.63) is 55.1 Å². The predicted molar refractivity (Wildman–Crippen MR) is 81.5 cm³/mol. The molecule has 0 aliphatic carbocycles. The van der Waals surface area contributed by atoms with Gasteiger partial charge in [0.1, 0.15) is 0 Å². The van der Waals surface area contributed by atoms with Gasteiger partial charge in [0.05, 0.1) is 5.56 Å². The minimum absolute atomic E-state index is 0.000923. The van der Waals surface area contributed by atoms with E-state index < -0.39 is 0 Å². The summed E-state index contributed by atoms with van der Waals surface area (Å²) in [5.41, 5.74) is 1.58. The number of carbonyl (C=O) groups excluding carboxylic acids is 1. The van der Waals surface area contributed by atoms with E-state index in [1.807, 2.05) is 24.3 Å². The molecule has 0 spiro atoms. The number of rotatable bonds is 8. The van der Waals surface area contributed by atoms with Gasteiger partial charge in [0.15, 0.2) is 0 Å². The highest BCUT2D eigenvalue weighted by Crippen LogP contribution is 2.17. The molecule has 0 atom stereocenters. The molecule has 0 aliphatic heterocycles. The number of carbonyl (C=O) groups is 1. The maximum absolute atomic E-state index is 12.5. The number of hydrogen-bond acceptors (Lipinski definition) is 2. The van der Waals surface area contributed by atoms with Gasteiger partial charge in [-0.25, -0.2) is 0 Å². The molecule has 0 saturated carbocycles. The van der Waals surface area contributed by atoms with Crippen LogP contribution < -0.4 is 5.32 Å². The lowest BCUT2D eigenvalue weighted by atomic mass is 10.1. The van der Waals surface area contributed by atoms with Gasteiger partial charge in [-0.2, -0.15) is 0 Å². The van der Waals surface area contributed by atoms with Crippen molar-refractivity contribution in [3.63, 3.8) is 0 Å². The van der Waals surface area contributed by atoms with Crippen LogP contribution in [0.15, 0.2) is 49.6 Å². The molecule has 1 aromatic carbocycles. The van der Waals surface area contributed by atoms with Crippen molar-refractivity contribution >= 4 is 11.6 Å². The fourth-order valence-electron chi connectivity index (χ4n) is 1.81. The average molecular weight is 258 g/mol. The summed E-state index contributed by atoms with van der Waals surface area (Å²) in [7, 11) is 0. The van der Waals surface area contributed by atoms with Crippen molar-refractivity contribution in [2.75, 3.05) is 25.0 Å². The molecule has 0 bridgehead atoms.